The summed E-state index contributed by atoms with van der Waals surface area (Å²) in [6.45, 7) is 3.79. The molecule has 2 unspecified atom stereocenters. The molecule has 0 aromatic carbocycles. The van der Waals surface area contributed by atoms with E-state index in [1.54, 1.807) is 0 Å². The van der Waals surface area contributed by atoms with Gasteiger partial charge in [-0.2, -0.15) is 0 Å². The van der Waals surface area contributed by atoms with Crippen LogP contribution in [0.15, 0.2) is 0 Å². The average molecular weight is 297 g/mol. The Bertz CT molecular complexity index is 111. The molecule has 0 spiro atoms. The lowest BCUT2D eigenvalue weighted by Gasteiger charge is -1.97. The summed E-state index contributed by atoms with van der Waals surface area (Å²) in [6.07, 6.45) is 0. The first-order valence-electron chi connectivity index (χ1n) is 2.51. The number of rotatable bonds is 0. The Balaban J connectivity index is 2.91. The van der Waals surface area contributed by atoms with E-state index in [1.807, 2.05) is 13.8 Å². The highest BCUT2D eigenvalue weighted by molar-refractivity contribution is 9.25. The van der Waals surface area contributed by atoms with E-state index in [-0.39, 0.29) is 13.0 Å². The molecular formula is C5H6Br2Cl2. The third-order valence-corrected chi connectivity index (χ3v) is 7.50. The van der Waals surface area contributed by atoms with E-state index < -0.39 is 0 Å². The van der Waals surface area contributed by atoms with Gasteiger partial charge in [0.15, 0.2) is 0 Å². The summed E-state index contributed by atoms with van der Waals surface area (Å²) in [5, 5.41) is 0. The fourth-order valence-corrected chi connectivity index (χ4v) is 3.18. The Labute approximate surface area is 81.5 Å². The second-order valence-electron chi connectivity index (χ2n) is 2.58. The molecule has 9 heavy (non-hydrogen) atoms. The predicted molar refractivity (Wildman–Crippen MR) is 49.1 cm³/mol. The zero-order valence-electron chi connectivity index (χ0n) is 5.01. The Morgan fingerprint density at radius 1 is 1.00 bits per heavy atom. The van der Waals surface area contributed by atoms with Gasteiger partial charge in [0.2, 0.25) is 0 Å². The summed E-state index contributed by atoms with van der Waals surface area (Å²) in [6, 6.07) is 0. The molecule has 0 aromatic heterocycles. The largest absolute Gasteiger partial charge is 0.122 e. The van der Waals surface area contributed by atoms with E-state index in [0.717, 1.165) is 0 Å². The summed E-state index contributed by atoms with van der Waals surface area (Å²) < 4.78 is -0.302. The zero-order valence-corrected chi connectivity index (χ0v) is 9.70. The van der Waals surface area contributed by atoms with Crippen molar-refractivity contribution >= 4 is 55.1 Å². The smallest absolute Gasteiger partial charge is 0.115 e. The first kappa shape index (κ1) is 8.63. The minimum atomic E-state index is -0.387. The maximum Gasteiger partial charge on any atom is 0.122 e. The number of hydrogen-bond donors (Lipinski definition) is 0. The molecule has 0 nitrogen and oxygen atoms in total. The van der Waals surface area contributed by atoms with E-state index in [9.17, 15) is 0 Å². The highest BCUT2D eigenvalue weighted by atomic mass is 79.9. The van der Waals surface area contributed by atoms with E-state index in [4.69, 9.17) is 23.2 Å². The quantitative estimate of drug-likeness (QED) is 0.600. The van der Waals surface area contributed by atoms with Crippen molar-refractivity contribution in [2.24, 2.45) is 0 Å². The molecular weight excluding hydrogens is 291 g/mol. The molecule has 1 saturated carbocycles. The van der Waals surface area contributed by atoms with Crippen LogP contribution in [0.1, 0.15) is 13.8 Å². The maximum atomic E-state index is 6.00. The number of hydrogen-bond acceptors (Lipinski definition) is 0. The second kappa shape index (κ2) is 1.82. The van der Waals surface area contributed by atoms with Crippen LogP contribution in [-0.2, 0) is 0 Å². The van der Waals surface area contributed by atoms with Crippen molar-refractivity contribution in [3.63, 3.8) is 0 Å². The van der Waals surface area contributed by atoms with Crippen LogP contribution in [0.2, 0.25) is 0 Å². The number of alkyl halides is 4. The molecule has 54 valence electrons. The van der Waals surface area contributed by atoms with Gasteiger partial charge in [0.25, 0.3) is 0 Å². The van der Waals surface area contributed by atoms with Crippen molar-refractivity contribution in [3.8, 4) is 0 Å². The lowest BCUT2D eigenvalue weighted by Crippen LogP contribution is -2.03. The molecule has 0 bridgehead atoms. The van der Waals surface area contributed by atoms with Crippen molar-refractivity contribution in [2.45, 2.75) is 26.8 Å². The molecule has 0 heterocycles. The standard InChI is InChI=1S/C5H6Br2Cl2/c1-3(8)4(2,9)5(3,6)7/h1-2H3. The van der Waals surface area contributed by atoms with Crippen LogP contribution < -0.4 is 0 Å². The maximum absolute atomic E-state index is 6.00. The Morgan fingerprint density at radius 2 is 1.11 bits per heavy atom. The van der Waals surface area contributed by atoms with Gasteiger partial charge in [-0.1, -0.05) is 31.9 Å². The molecule has 0 aliphatic heterocycles. The monoisotopic (exact) mass is 294 g/mol. The highest BCUT2D eigenvalue weighted by Crippen LogP contribution is 2.74. The minimum absolute atomic E-state index is 0.302. The number of halogens is 4. The van der Waals surface area contributed by atoms with Gasteiger partial charge in [-0.3, -0.25) is 0 Å². The molecule has 0 N–H and O–H groups in total. The predicted octanol–water partition coefficient (Wildman–Crippen LogP) is 3.48. The minimum Gasteiger partial charge on any atom is -0.115 e. The van der Waals surface area contributed by atoms with Crippen LogP contribution in [-0.4, -0.2) is 13.0 Å². The summed E-state index contributed by atoms with van der Waals surface area (Å²) in [7, 11) is 0. The van der Waals surface area contributed by atoms with Gasteiger partial charge in [-0.25, -0.2) is 0 Å². The third-order valence-electron chi connectivity index (χ3n) is 2.00. The van der Waals surface area contributed by atoms with Crippen molar-refractivity contribution in [3.05, 3.63) is 0 Å². The Morgan fingerprint density at radius 3 is 1.11 bits per heavy atom. The Kier molecular flexibility index (Phi) is 1.75. The summed E-state index contributed by atoms with van der Waals surface area (Å²) in [4.78, 5) is -0.775. The summed E-state index contributed by atoms with van der Waals surface area (Å²) in [5.41, 5.74) is 0. The molecule has 0 amide bonds. The fourth-order valence-electron chi connectivity index (χ4n) is 0.717. The van der Waals surface area contributed by atoms with E-state index in [2.05, 4.69) is 31.9 Å². The lowest BCUT2D eigenvalue weighted by atomic mass is 10.4. The first-order chi connectivity index (χ1) is 3.75. The topological polar surface area (TPSA) is 0 Å². The molecule has 1 aliphatic carbocycles. The van der Waals surface area contributed by atoms with Gasteiger partial charge < -0.3 is 0 Å². The van der Waals surface area contributed by atoms with E-state index in [0.29, 0.717) is 0 Å². The summed E-state index contributed by atoms with van der Waals surface area (Å²) >= 11 is 18.8. The van der Waals surface area contributed by atoms with Crippen LogP contribution in [0.4, 0.5) is 0 Å². The SMILES string of the molecule is CC1(Cl)C(C)(Cl)C1(Br)Br. The lowest BCUT2D eigenvalue weighted by molar-refractivity contribution is 0.905. The molecule has 4 heteroatoms. The van der Waals surface area contributed by atoms with Crippen LogP contribution in [0.5, 0.6) is 0 Å². The molecule has 0 aromatic rings. The van der Waals surface area contributed by atoms with Crippen molar-refractivity contribution in [1.82, 2.24) is 0 Å². The van der Waals surface area contributed by atoms with Gasteiger partial charge in [-0.15, -0.1) is 23.2 Å². The average Bonchev–Trinajstić information content (AvgIpc) is 1.84. The zero-order chi connectivity index (χ0) is 7.50. The first-order valence-corrected chi connectivity index (χ1v) is 4.85. The molecule has 0 saturated heterocycles. The third kappa shape index (κ3) is 0.770. The van der Waals surface area contributed by atoms with Gasteiger partial charge >= 0.3 is 0 Å². The van der Waals surface area contributed by atoms with Gasteiger partial charge in [0.05, 0.1) is 9.75 Å². The molecule has 1 fully saturated rings. The van der Waals surface area contributed by atoms with Gasteiger partial charge in [0.1, 0.15) is 3.23 Å². The molecule has 2 atom stereocenters. The van der Waals surface area contributed by atoms with E-state index in [1.165, 1.54) is 0 Å². The van der Waals surface area contributed by atoms with Crippen molar-refractivity contribution in [1.29, 1.82) is 0 Å². The Hall–Kier alpha value is 1.54. The molecule has 0 radical (unpaired) electrons. The van der Waals surface area contributed by atoms with Crippen LogP contribution in [0, 0.1) is 0 Å². The van der Waals surface area contributed by atoms with Gasteiger partial charge in [0, 0.05) is 0 Å². The summed E-state index contributed by atoms with van der Waals surface area (Å²) in [5.74, 6) is 0. The molecule has 1 aliphatic rings. The van der Waals surface area contributed by atoms with Crippen molar-refractivity contribution in [2.75, 3.05) is 0 Å². The van der Waals surface area contributed by atoms with Crippen LogP contribution in [0.3, 0.4) is 0 Å². The molecule has 1 rings (SSSR count). The second-order valence-corrected chi connectivity index (χ2v) is 7.54. The van der Waals surface area contributed by atoms with Crippen LogP contribution >= 0.6 is 55.1 Å². The highest BCUT2D eigenvalue weighted by Gasteiger charge is 2.80. The van der Waals surface area contributed by atoms with E-state index >= 15 is 0 Å². The van der Waals surface area contributed by atoms with Gasteiger partial charge in [-0.05, 0) is 13.8 Å². The normalized spacial score (nSPS) is 55.3. The van der Waals surface area contributed by atoms with Crippen molar-refractivity contribution < 1.29 is 0 Å². The fraction of sp³-hybridized carbons (Fsp3) is 1.00. The van der Waals surface area contributed by atoms with Crippen LogP contribution in [0.25, 0.3) is 0 Å².